The van der Waals surface area contributed by atoms with E-state index >= 15 is 0 Å². The lowest BCUT2D eigenvalue weighted by Crippen LogP contribution is -2.36. The molecular weight excluding hydrogens is 244 g/mol. The fraction of sp³-hybridized carbons (Fsp3) is 0.429. The van der Waals surface area contributed by atoms with Gasteiger partial charge in [-0.3, -0.25) is 4.79 Å². The van der Waals surface area contributed by atoms with E-state index in [0.29, 0.717) is 31.0 Å². The van der Waals surface area contributed by atoms with E-state index in [1.165, 1.54) is 0 Å². The van der Waals surface area contributed by atoms with Crippen LogP contribution in [0.5, 0.6) is 0 Å². The van der Waals surface area contributed by atoms with Crippen LogP contribution >= 0.6 is 0 Å². The van der Waals surface area contributed by atoms with Gasteiger partial charge in [0.15, 0.2) is 5.58 Å². The third-order valence-corrected chi connectivity index (χ3v) is 3.68. The molecule has 1 aromatic heterocycles. The molecule has 5 nitrogen and oxygen atoms in total. The van der Waals surface area contributed by atoms with Crippen molar-refractivity contribution in [2.45, 2.75) is 26.7 Å². The van der Waals surface area contributed by atoms with E-state index in [2.05, 4.69) is 10.3 Å². The van der Waals surface area contributed by atoms with E-state index < -0.39 is 11.4 Å². The molecule has 2 N–H and O–H groups in total. The number of hydrogen-bond donors (Lipinski definition) is 2. The highest BCUT2D eigenvalue weighted by Crippen LogP contribution is 2.28. The van der Waals surface area contributed by atoms with Crippen LogP contribution in [-0.4, -0.2) is 22.6 Å². The van der Waals surface area contributed by atoms with Crippen LogP contribution in [0.25, 0.3) is 11.1 Å². The van der Waals surface area contributed by atoms with Crippen LogP contribution in [0, 0.1) is 5.41 Å². The molecule has 2 aromatic rings. The number of para-hydroxylation sites is 2. The van der Waals surface area contributed by atoms with Gasteiger partial charge in [-0.2, -0.15) is 4.98 Å². The van der Waals surface area contributed by atoms with Crippen LogP contribution in [0.1, 0.15) is 26.7 Å². The zero-order chi connectivity index (χ0) is 13.9. The average Bonchev–Trinajstić information content (AvgIpc) is 2.83. The van der Waals surface area contributed by atoms with Crippen molar-refractivity contribution in [3.05, 3.63) is 24.3 Å². The van der Waals surface area contributed by atoms with E-state index in [9.17, 15) is 9.90 Å². The summed E-state index contributed by atoms with van der Waals surface area (Å²) in [6, 6.07) is 7.81. The van der Waals surface area contributed by atoms with Gasteiger partial charge < -0.3 is 14.8 Å². The maximum Gasteiger partial charge on any atom is 0.311 e. The Morgan fingerprint density at radius 1 is 1.37 bits per heavy atom. The zero-order valence-corrected chi connectivity index (χ0v) is 11.1. The van der Waals surface area contributed by atoms with Crippen LogP contribution in [0.3, 0.4) is 0 Å². The molecule has 0 saturated carbocycles. The minimum atomic E-state index is -0.791. The number of carboxylic acids is 1. The van der Waals surface area contributed by atoms with Crippen molar-refractivity contribution in [1.29, 1.82) is 0 Å². The zero-order valence-electron chi connectivity index (χ0n) is 11.1. The molecule has 0 aliphatic rings. The monoisotopic (exact) mass is 262 g/mol. The van der Waals surface area contributed by atoms with Gasteiger partial charge in [-0.1, -0.05) is 26.0 Å². The Labute approximate surface area is 111 Å². The van der Waals surface area contributed by atoms with Gasteiger partial charge in [-0.05, 0) is 25.0 Å². The van der Waals surface area contributed by atoms with Crippen molar-refractivity contribution in [1.82, 2.24) is 4.98 Å². The minimum Gasteiger partial charge on any atom is -0.481 e. The molecular formula is C14H18N2O3. The van der Waals surface area contributed by atoms with E-state index in [1.807, 2.05) is 38.1 Å². The highest BCUT2D eigenvalue weighted by molar-refractivity contribution is 5.76. The second kappa shape index (κ2) is 5.30. The largest absolute Gasteiger partial charge is 0.481 e. The summed E-state index contributed by atoms with van der Waals surface area (Å²) in [5.74, 6) is -0.791. The first-order valence-electron chi connectivity index (χ1n) is 6.44. The molecule has 1 aromatic carbocycles. The van der Waals surface area contributed by atoms with Crippen molar-refractivity contribution < 1.29 is 14.3 Å². The number of aliphatic carboxylic acids is 1. The smallest absolute Gasteiger partial charge is 0.311 e. The predicted molar refractivity (Wildman–Crippen MR) is 73.1 cm³/mol. The molecule has 0 spiro atoms. The lowest BCUT2D eigenvalue weighted by atomic mass is 9.82. The molecule has 0 aliphatic heterocycles. The first kappa shape index (κ1) is 13.4. The number of hydrogen-bond acceptors (Lipinski definition) is 4. The number of nitrogens with one attached hydrogen (secondary N) is 1. The summed E-state index contributed by atoms with van der Waals surface area (Å²) >= 11 is 0. The molecule has 1 heterocycles. The number of carbonyl (C=O) groups is 1. The summed E-state index contributed by atoms with van der Waals surface area (Å²) in [5, 5.41) is 12.4. The maximum atomic E-state index is 11.4. The Balaban J connectivity index is 2.14. The molecule has 2 rings (SSSR count). The topological polar surface area (TPSA) is 75.4 Å². The van der Waals surface area contributed by atoms with Gasteiger partial charge in [-0.15, -0.1) is 0 Å². The number of oxazole rings is 1. The summed E-state index contributed by atoms with van der Waals surface area (Å²) in [6.07, 6.45) is 1.12. The SMILES string of the molecule is CCC(CC)(CNc1nc2ccccc2o1)C(=O)O. The average molecular weight is 262 g/mol. The number of benzene rings is 1. The molecule has 0 fully saturated rings. The van der Waals surface area contributed by atoms with Crippen LogP contribution < -0.4 is 5.32 Å². The Bertz CT molecular complexity index is 540. The molecule has 0 radical (unpaired) electrons. The molecule has 0 atom stereocenters. The highest BCUT2D eigenvalue weighted by atomic mass is 16.4. The lowest BCUT2D eigenvalue weighted by molar-refractivity contribution is -0.148. The van der Waals surface area contributed by atoms with Crippen LogP contribution in [0.15, 0.2) is 28.7 Å². The lowest BCUT2D eigenvalue weighted by Gasteiger charge is -2.26. The second-order valence-electron chi connectivity index (χ2n) is 4.63. The van der Waals surface area contributed by atoms with Crippen molar-refractivity contribution in [2.24, 2.45) is 5.41 Å². The molecule has 19 heavy (non-hydrogen) atoms. The standard InChI is InChI=1S/C14H18N2O3/c1-3-14(4-2,12(17)18)9-15-13-16-10-7-5-6-8-11(10)19-13/h5-8H,3-4,9H2,1-2H3,(H,15,16)(H,17,18). The Morgan fingerprint density at radius 3 is 2.63 bits per heavy atom. The summed E-state index contributed by atoms with van der Waals surface area (Å²) in [7, 11) is 0. The van der Waals surface area contributed by atoms with Crippen molar-refractivity contribution in [2.75, 3.05) is 11.9 Å². The number of aromatic nitrogens is 1. The fourth-order valence-electron chi connectivity index (χ4n) is 2.07. The first-order chi connectivity index (χ1) is 9.11. The summed E-state index contributed by atoms with van der Waals surface area (Å²) in [5.41, 5.74) is 0.679. The molecule has 0 amide bonds. The Hall–Kier alpha value is -2.04. The van der Waals surface area contributed by atoms with Crippen molar-refractivity contribution in [3.63, 3.8) is 0 Å². The van der Waals surface area contributed by atoms with E-state index in [0.717, 1.165) is 5.52 Å². The number of carboxylic acid groups (broad SMARTS) is 1. The van der Waals surface area contributed by atoms with Crippen LogP contribution in [-0.2, 0) is 4.79 Å². The molecule has 0 bridgehead atoms. The highest BCUT2D eigenvalue weighted by Gasteiger charge is 2.35. The molecule has 5 heteroatoms. The van der Waals surface area contributed by atoms with Gasteiger partial charge in [0.05, 0.1) is 5.41 Å². The van der Waals surface area contributed by atoms with E-state index in [1.54, 1.807) is 0 Å². The molecule has 0 aliphatic carbocycles. The van der Waals surface area contributed by atoms with Gasteiger partial charge >= 0.3 is 5.97 Å². The predicted octanol–water partition coefficient (Wildman–Crippen LogP) is 3.13. The number of fused-ring (bicyclic) bond motifs is 1. The second-order valence-corrected chi connectivity index (χ2v) is 4.63. The normalized spacial score (nSPS) is 11.7. The van der Waals surface area contributed by atoms with Gasteiger partial charge in [0.25, 0.3) is 6.01 Å². The quantitative estimate of drug-likeness (QED) is 0.836. The minimum absolute atomic E-state index is 0.308. The maximum absolute atomic E-state index is 11.4. The van der Waals surface area contributed by atoms with E-state index in [4.69, 9.17) is 4.42 Å². The van der Waals surface area contributed by atoms with E-state index in [-0.39, 0.29) is 0 Å². The fourth-order valence-corrected chi connectivity index (χ4v) is 2.07. The summed E-state index contributed by atoms with van der Waals surface area (Å²) in [4.78, 5) is 15.7. The van der Waals surface area contributed by atoms with Gasteiger partial charge in [-0.25, -0.2) is 0 Å². The number of anilines is 1. The van der Waals surface area contributed by atoms with Gasteiger partial charge in [0.2, 0.25) is 0 Å². The van der Waals surface area contributed by atoms with Crippen molar-refractivity contribution in [3.8, 4) is 0 Å². The van der Waals surface area contributed by atoms with Gasteiger partial charge in [0.1, 0.15) is 5.52 Å². The Morgan fingerprint density at radius 2 is 2.05 bits per heavy atom. The number of rotatable bonds is 6. The molecule has 0 saturated heterocycles. The third kappa shape index (κ3) is 2.54. The molecule has 0 unspecified atom stereocenters. The summed E-state index contributed by atoms with van der Waals surface area (Å²) in [6.45, 7) is 4.07. The van der Waals surface area contributed by atoms with Crippen molar-refractivity contribution >= 4 is 23.1 Å². The van der Waals surface area contributed by atoms with Crippen LogP contribution in [0.2, 0.25) is 0 Å². The number of nitrogens with zero attached hydrogens (tertiary/aromatic N) is 1. The van der Waals surface area contributed by atoms with Gasteiger partial charge in [0, 0.05) is 6.54 Å². The van der Waals surface area contributed by atoms with Crippen LogP contribution in [0.4, 0.5) is 6.01 Å². The Kier molecular flexibility index (Phi) is 3.74. The third-order valence-electron chi connectivity index (χ3n) is 3.68. The first-order valence-corrected chi connectivity index (χ1v) is 6.44. The summed E-state index contributed by atoms with van der Waals surface area (Å²) < 4.78 is 5.52. The molecule has 102 valence electrons.